The third-order valence-electron chi connectivity index (χ3n) is 4.15. The van der Waals surface area contributed by atoms with Gasteiger partial charge in [-0.3, -0.25) is 4.79 Å². The van der Waals surface area contributed by atoms with Crippen molar-refractivity contribution in [3.63, 3.8) is 0 Å². The number of nitrogens with zero attached hydrogens (tertiary/aromatic N) is 3. The van der Waals surface area contributed by atoms with Crippen LogP contribution in [0.4, 0.5) is 0 Å². The van der Waals surface area contributed by atoms with Gasteiger partial charge in [-0.05, 0) is 30.5 Å². The summed E-state index contributed by atoms with van der Waals surface area (Å²) in [5, 5.41) is 0.528. The van der Waals surface area contributed by atoms with E-state index in [4.69, 9.17) is 11.6 Å². The molecule has 0 fully saturated rings. The fraction of sp³-hybridized carbons (Fsp3) is 0.474. The highest BCUT2D eigenvalue weighted by Crippen LogP contribution is 2.21. The molecule has 27 heavy (non-hydrogen) atoms. The summed E-state index contributed by atoms with van der Waals surface area (Å²) in [4.78, 5) is 17.6. The van der Waals surface area contributed by atoms with Gasteiger partial charge < -0.3 is 9.47 Å². The molecule has 0 bridgehead atoms. The van der Waals surface area contributed by atoms with Crippen molar-refractivity contribution in [2.24, 2.45) is 5.92 Å². The average molecular weight is 412 g/mol. The minimum Gasteiger partial charge on any atom is -0.337 e. The molecule has 0 aliphatic carbocycles. The van der Waals surface area contributed by atoms with Crippen LogP contribution in [0.5, 0.6) is 0 Å². The van der Waals surface area contributed by atoms with Gasteiger partial charge in [0, 0.05) is 25.0 Å². The van der Waals surface area contributed by atoms with Crippen LogP contribution in [-0.2, 0) is 33.5 Å². The van der Waals surface area contributed by atoms with E-state index < -0.39 is 9.84 Å². The molecule has 0 aliphatic rings. The van der Waals surface area contributed by atoms with Crippen LogP contribution in [0.25, 0.3) is 0 Å². The highest BCUT2D eigenvalue weighted by molar-refractivity contribution is 7.90. The molecule has 0 saturated carbocycles. The molecular weight excluding hydrogens is 386 g/mol. The lowest BCUT2D eigenvalue weighted by molar-refractivity contribution is -0.129. The van der Waals surface area contributed by atoms with Crippen LogP contribution in [0.1, 0.15) is 39.0 Å². The molecule has 0 N–H and O–H groups in total. The second-order valence-corrected chi connectivity index (χ2v) is 9.28. The smallest absolute Gasteiger partial charge is 0.228 e. The largest absolute Gasteiger partial charge is 0.337 e. The Kier molecular flexibility index (Phi) is 7.06. The van der Waals surface area contributed by atoms with E-state index in [0.717, 1.165) is 0 Å². The maximum atomic E-state index is 13.0. The number of carbonyl (C=O) groups excluding carboxylic acids is 1. The zero-order chi connectivity index (χ0) is 20.2. The number of halogens is 1. The Balaban J connectivity index is 2.41. The van der Waals surface area contributed by atoms with Crippen LogP contribution < -0.4 is 0 Å². The Hall–Kier alpha value is -1.86. The summed E-state index contributed by atoms with van der Waals surface area (Å²) in [6.07, 6.45) is 1.55. The number of rotatable bonds is 8. The number of hydrogen-bond acceptors (Lipinski definition) is 4. The van der Waals surface area contributed by atoms with Crippen molar-refractivity contribution < 1.29 is 13.2 Å². The first-order chi connectivity index (χ1) is 12.6. The summed E-state index contributed by atoms with van der Waals surface area (Å²) in [6.45, 7) is 8.81. The minimum absolute atomic E-state index is 0.0331. The molecule has 2 aromatic rings. The molecule has 8 heteroatoms. The molecule has 1 amide bonds. The van der Waals surface area contributed by atoms with Gasteiger partial charge in [0.2, 0.25) is 20.9 Å². The monoisotopic (exact) mass is 411 g/mol. The van der Waals surface area contributed by atoms with Crippen molar-refractivity contribution in [1.29, 1.82) is 0 Å². The zero-order valence-electron chi connectivity index (χ0n) is 16.1. The Labute approximate surface area is 166 Å². The van der Waals surface area contributed by atoms with Gasteiger partial charge in [-0.1, -0.05) is 37.6 Å². The highest BCUT2D eigenvalue weighted by atomic mass is 35.5. The van der Waals surface area contributed by atoms with Crippen LogP contribution in [0.15, 0.2) is 35.6 Å². The van der Waals surface area contributed by atoms with Crippen molar-refractivity contribution in [3.05, 3.63) is 46.7 Å². The van der Waals surface area contributed by atoms with Gasteiger partial charge in [-0.25, -0.2) is 13.4 Å². The topological polar surface area (TPSA) is 72.3 Å². The molecule has 148 valence electrons. The van der Waals surface area contributed by atoms with Crippen molar-refractivity contribution >= 4 is 27.3 Å². The van der Waals surface area contributed by atoms with Gasteiger partial charge in [0.05, 0.1) is 24.2 Å². The predicted octanol–water partition coefficient (Wildman–Crippen LogP) is 3.53. The van der Waals surface area contributed by atoms with Gasteiger partial charge in [0.25, 0.3) is 0 Å². The van der Waals surface area contributed by atoms with E-state index in [-0.39, 0.29) is 22.7 Å². The van der Waals surface area contributed by atoms with Crippen LogP contribution >= 0.6 is 11.6 Å². The van der Waals surface area contributed by atoms with Crippen molar-refractivity contribution in [2.45, 2.75) is 51.7 Å². The van der Waals surface area contributed by atoms with Gasteiger partial charge in [-0.15, -0.1) is 0 Å². The van der Waals surface area contributed by atoms with Crippen molar-refractivity contribution in [1.82, 2.24) is 14.5 Å². The quantitative estimate of drug-likeness (QED) is 0.666. The molecule has 0 spiro atoms. The molecule has 0 radical (unpaired) electrons. The third-order valence-corrected chi connectivity index (χ3v) is 5.98. The second kappa shape index (κ2) is 8.89. The van der Waals surface area contributed by atoms with E-state index in [1.54, 1.807) is 39.9 Å². The first-order valence-corrected chi connectivity index (χ1v) is 10.9. The Morgan fingerprint density at radius 3 is 2.59 bits per heavy atom. The summed E-state index contributed by atoms with van der Waals surface area (Å²) in [7, 11) is -3.66. The average Bonchev–Trinajstić information content (AvgIpc) is 2.94. The van der Waals surface area contributed by atoms with Crippen LogP contribution in [0, 0.1) is 5.92 Å². The maximum absolute atomic E-state index is 13.0. The lowest BCUT2D eigenvalue weighted by Gasteiger charge is -2.21. The Morgan fingerprint density at radius 2 is 2.04 bits per heavy atom. The Morgan fingerprint density at radius 1 is 1.33 bits per heavy atom. The molecule has 0 unspecified atom stereocenters. The molecule has 6 nitrogen and oxygen atoms in total. The summed E-state index contributed by atoms with van der Waals surface area (Å²) in [6, 6.07) is 6.81. The number of carbonyl (C=O) groups is 1. The molecule has 0 saturated heterocycles. The van der Waals surface area contributed by atoms with Crippen LogP contribution in [-0.4, -0.2) is 35.3 Å². The molecule has 0 aliphatic heterocycles. The van der Waals surface area contributed by atoms with E-state index in [1.165, 1.54) is 6.92 Å². The van der Waals surface area contributed by atoms with Crippen molar-refractivity contribution in [2.75, 3.05) is 6.54 Å². The van der Waals surface area contributed by atoms with Gasteiger partial charge in [0.1, 0.15) is 0 Å². The summed E-state index contributed by atoms with van der Waals surface area (Å²) < 4.78 is 27.7. The van der Waals surface area contributed by atoms with Gasteiger partial charge in [0.15, 0.2) is 0 Å². The number of amides is 1. The normalized spacial score (nSPS) is 11.8. The molecule has 2 rings (SSSR count). The summed E-state index contributed by atoms with van der Waals surface area (Å²) >= 11 is 5.97. The minimum atomic E-state index is -3.66. The molecule has 0 atom stereocenters. The van der Waals surface area contributed by atoms with Gasteiger partial charge in [-0.2, -0.15) is 0 Å². The summed E-state index contributed by atoms with van der Waals surface area (Å²) in [5.74, 6) is -0.00429. The van der Waals surface area contributed by atoms with Gasteiger partial charge >= 0.3 is 0 Å². The molecule has 1 aromatic heterocycles. The van der Waals surface area contributed by atoms with Crippen LogP contribution in [0.3, 0.4) is 0 Å². The Bertz CT molecular complexity index is 907. The SMILES string of the molecule is CCN(Cc1cnc(S(=O)(=O)Cc2cccc(Cl)c2)n1CC(C)C)C(C)=O. The molecule has 1 aromatic carbocycles. The van der Waals surface area contributed by atoms with Crippen molar-refractivity contribution in [3.8, 4) is 0 Å². The summed E-state index contributed by atoms with van der Waals surface area (Å²) in [5.41, 5.74) is 1.33. The van der Waals surface area contributed by atoms with E-state index in [0.29, 0.717) is 35.9 Å². The van der Waals surface area contributed by atoms with Crippen LogP contribution in [0.2, 0.25) is 5.02 Å². The standard InChI is InChI=1S/C19H26ClN3O3S/c1-5-22(15(4)24)12-18-10-21-19(23(18)11-14(2)3)27(25,26)13-16-7-6-8-17(20)9-16/h6-10,14H,5,11-13H2,1-4H3. The third kappa shape index (κ3) is 5.56. The number of hydrogen-bond donors (Lipinski definition) is 0. The number of aromatic nitrogens is 2. The van der Waals surface area contributed by atoms with E-state index in [9.17, 15) is 13.2 Å². The van der Waals surface area contributed by atoms with E-state index >= 15 is 0 Å². The maximum Gasteiger partial charge on any atom is 0.228 e. The van der Waals surface area contributed by atoms with E-state index in [1.807, 2.05) is 20.8 Å². The molecule has 1 heterocycles. The highest BCUT2D eigenvalue weighted by Gasteiger charge is 2.25. The number of sulfone groups is 1. The number of benzene rings is 1. The first kappa shape index (κ1) is 21.4. The lowest BCUT2D eigenvalue weighted by atomic mass is 10.2. The fourth-order valence-corrected chi connectivity index (χ4v) is 4.58. The molecular formula is C19H26ClN3O3S. The first-order valence-electron chi connectivity index (χ1n) is 8.91. The second-order valence-electron chi connectivity index (χ2n) is 6.96. The number of imidazole rings is 1. The predicted molar refractivity (Wildman–Crippen MR) is 106 cm³/mol. The van der Waals surface area contributed by atoms with E-state index in [2.05, 4.69) is 4.98 Å². The lowest BCUT2D eigenvalue weighted by Crippen LogP contribution is -2.29. The zero-order valence-corrected chi connectivity index (χ0v) is 17.7. The fourth-order valence-electron chi connectivity index (χ4n) is 2.88.